The van der Waals surface area contributed by atoms with Crippen LogP contribution in [0.4, 0.5) is 35.3 Å². The first-order valence-electron chi connectivity index (χ1n) is 13.4. The summed E-state index contributed by atoms with van der Waals surface area (Å²) in [6, 6.07) is 7.51. The number of nitrogens with one attached hydrogen (secondary N) is 1. The monoisotopic (exact) mass is 570 g/mol. The fourth-order valence-corrected chi connectivity index (χ4v) is 5.33. The largest absolute Gasteiger partial charge is 0.491 e. The van der Waals surface area contributed by atoms with E-state index in [9.17, 15) is 18.0 Å². The molecule has 3 aliphatic heterocycles. The summed E-state index contributed by atoms with van der Waals surface area (Å²) in [4.78, 5) is 30.6. The molecular formula is C28H29F3N6O4. The molecule has 0 aliphatic carbocycles. The van der Waals surface area contributed by atoms with E-state index in [2.05, 4.69) is 25.2 Å². The highest BCUT2D eigenvalue weighted by molar-refractivity contribution is 6.04. The van der Waals surface area contributed by atoms with Crippen LogP contribution < -0.4 is 19.9 Å². The number of carbonyl (C=O) groups excluding carboxylic acids is 1. The Balaban J connectivity index is 1.24. The van der Waals surface area contributed by atoms with Crippen molar-refractivity contribution >= 4 is 23.4 Å². The summed E-state index contributed by atoms with van der Waals surface area (Å²) in [6.45, 7) is 5.74. The number of anilines is 3. The number of hydrogen-bond acceptors (Lipinski definition) is 8. The first-order chi connectivity index (χ1) is 19.6. The van der Waals surface area contributed by atoms with Crippen LogP contribution in [0.2, 0.25) is 0 Å². The number of urea groups is 1. The Labute approximate surface area is 234 Å². The molecule has 3 aromatic rings. The maximum absolute atomic E-state index is 13.7. The fourth-order valence-electron chi connectivity index (χ4n) is 5.33. The Morgan fingerprint density at radius 2 is 2.07 bits per heavy atom. The second-order valence-electron chi connectivity index (χ2n) is 10.7. The maximum Gasteiger partial charge on any atom is 0.416 e. The first kappa shape index (κ1) is 27.2. The minimum atomic E-state index is -4.50. The van der Waals surface area contributed by atoms with Gasteiger partial charge in [0.05, 0.1) is 30.1 Å². The summed E-state index contributed by atoms with van der Waals surface area (Å²) in [5.41, 5.74) is 0.0642. The summed E-state index contributed by atoms with van der Waals surface area (Å²) in [6.07, 6.45) is 0.000642. The molecule has 2 atom stereocenters. The lowest BCUT2D eigenvalue weighted by atomic mass is 10.0. The van der Waals surface area contributed by atoms with Crippen molar-refractivity contribution in [2.45, 2.75) is 50.8 Å². The van der Waals surface area contributed by atoms with E-state index in [1.165, 1.54) is 18.3 Å². The minimum Gasteiger partial charge on any atom is -0.491 e. The third-order valence-electron chi connectivity index (χ3n) is 7.22. The highest BCUT2D eigenvalue weighted by Gasteiger charge is 2.39. The third kappa shape index (κ3) is 5.77. The number of ether oxygens (including phenoxy) is 3. The van der Waals surface area contributed by atoms with Crippen LogP contribution in [-0.2, 0) is 15.7 Å². The Bertz CT molecular complexity index is 1450. The average molecular weight is 571 g/mol. The van der Waals surface area contributed by atoms with Crippen molar-refractivity contribution in [1.82, 2.24) is 15.0 Å². The molecule has 0 spiro atoms. The van der Waals surface area contributed by atoms with Crippen molar-refractivity contribution in [3.8, 4) is 17.1 Å². The second kappa shape index (κ2) is 10.5. The lowest BCUT2D eigenvalue weighted by Gasteiger charge is -2.45. The van der Waals surface area contributed by atoms with Gasteiger partial charge < -0.3 is 19.1 Å². The molecule has 5 heterocycles. The van der Waals surface area contributed by atoms with Crippen molar-refractivity contribution in [2.24, 2.45) is 0 Å². The molecule has 10 nitrogen and oxygen atoms in total. The van der Waals surface area contributed by atoms with Gasteiger partial charge in [-0.05, 0) is 44.9 Å². The normalized spacial score (nSPS) is 21.4. The van der Waals surface area contributed by atoms with Gasteiger partial charge in [-0.25, -0.2) is 19.7 Å². The number of nitrogens with zero attached hydrogens (tertiary/aromatic N) is 5. The molecule has 0 unspecified atom stereocenters. The molecule has 216 valence electrons. The van der Waals surface area contributed by atoms with Crippen LogP contribution in [0.3, 0.4) is 0 Å². The van der Waals surface area contributed by atoms with Crippen LogP contribution in [0.5, 0.6) is 5.75 Å². The Morgan fingerprint density at radius 3 is 2.85 bits per heavy atom. The number of rotatable bonds is 5. The van der Waals surface area contributed by atoms with Gasteiger partial charge in [0.1, 0.15) is 24.3 Å². The van der Waals surface area contributed by atoms with E-state index in [-0.39, 0.29) is 36.0 Å². The molecule has 6 rings (SSSR count). The quantitative estimate of drug-likeness (QED) is 0.452. The van der Waals surface area contributed by atoms with Gasteiger partial charge >= 0.3 is 12.2 Å². The Kier molecular flexibility index (Phi) is 6.94. The number of aromatic nitrogens is 3. The number of alkyl halides is 3. The van der Waals surface area contributed by atoms with Gasteiger partial charge in [-0.1, -0.05) is 12.1 Å². The van der Waals surface area contributed by atoms with Crippen LogP contribution in [0.15, 0.2) is 48.8 Å². The number of pyridine rings is 1. The highest BCUT2D eigenvalue weighted by atomic mass is 19.4. The molecule has 13 heteroatoms. The second-order valence-corrected chi connectivity index (χ2v) is 10.7. The molecule has 3 aliphatic rings. The van der Waals surface area contributed by atoms with E-state index >= 15 is 0 Å². The lowest BCUT2D eigenvalue weighted by molar-refractivity contribution is -0.141. The zero-order valence-corrected chi connectivity index (χ0v) is 22.5. The van der Waals surface area contributed by atoms with Crippen molar-refractivity contribution in [3.63, 3.8) is 0 Å². The van der Waals surface area contributed by atoms with Crippen LogP contribution in [0.25, 0.3) is 11.4 Å². The number of amides is 2. The van der Waals surface area contributed by atoms with Crippen molar-refractivity contribution in [1.29, 1.82) is 0 Å². The number of fused-ring (bicyclic) bond motifs is 4. The predicted octanol–water partition coefficient (Wildman–Crippen LogP) is 5.11. The fraction of sp³-hybridized carbons (Fsp3) is 0.429. The molecule has 2 aromatic heterocycles. The molecule has 2 fully saturated rings. The number of halogens is 3. The van der Waals surface area contributed by atoms with E-state index in [0.29, 0.717) is 30.4 Å². The molecule has 1 N–H and O–H groups in total. The SMILES string of the molecule is CC1(C)OC[C@@H](COc2ccnc(NC(=O)N3c4nc(-c5cccc(C(F)(F)F)c5)ncc4N4CCC[C@H]3C4)c2)O1. The smallest absolute Gasteiger partial charge is 0.416 e. The lowest BCUT2D eigenvalue weighted by Crippen LogP contribution is -2.56. The summed E-state index contributed by atoms with van der Waals surface area (Å²) in [5, 5.41) is 2.84. The van der Waals surface area contributed by atoms with Gasteiger partial charge in [0.25, 0.3) is 0 Å². The van der Waals surface area contributed by atoms with E-state index in [0.717, 1.165) is 31.5 Å². The number of hydrogen-bond donors (Lipinski definition) is 1. The molecule has 1 aromatic carbocycles. The van der Waals surface area contributed by atoms with E-state index in [4.69, 9.17) is 14.2 Å². The van der Waals surface area contributed by atoms with Gasteiger partial charge in [0, 0.05) is 30.9 Å². The molecule has 0 radical (unpaired) electrons. The molecule has 2 bridgehead atoms. The van der Waals surface area contributed by atoms with Crippen LogP contribution in [0.1, 0.15) is 32.3 Å². The van der Waals surface area contributed by atoms with Crippen molar-refractivity contribution < 1.29 is 32.2 Å². The van der Waals surface area contributed by atoms with E-state index in [1.54, 1.807) is 23.2 Å². The van der Waals surface area contributed by atoms with Crippen LogP contribution >= 0.6 is 0 Å². The standard InChI is InChI=1S/C28H29F3N6O4/c1-27(2)40-16-21(41-27)15-39-20-8-9-32-23(12-20)34-26(38)37-19-7-4-10-36(14-19)22-13-33-24(35-25(22)37)17-5-3-6-18(11-17)28(29,30)31/h3,5-6,8-9,11-13,19,21H,4,7,10,14-16H2,1-2H3,(H,32,34,38)/t19-,21+/m0/s1. The van der Waals surface area contributed by atoms with Gasteiger partial charge in [-0.2, -0.15) is 13.2 Å². The summed E-state index contributed by atoms with van der Waals surface area (Å²) in [5.74, 6) is 0.567. The first-order valence-corrected chi connectivity index (χ1v) is 13.4. The van der Waals surface area contributed by atoms with Crippen molar-refractivity contribution in [3.05, 3.63) is 54.4 Å². The molecule has 2 saturated heterocycles. The zero-order chi connectivity index (χ0) is 28.8. The average Bonchev–Trinajstić information content (AvgIpc) is 3.30. The molecular weight excluding hydrogens is 541 g/mol. The maximum atomic E-state index is 13.7. The third-order valence-corrected chi connectivity index (χ3v) is 7.22. The minimum absolute atomic E-state index is 0.101. The summed E-state index contributed by atoms with van der Waals surface area (Å²) >= 11 is 0. The Morgan fingerprint density at radius 1 is 1.22 bits per heavy atom. The van der Waals surface area contributed by atoms with Gasteiger partial charge in [0.2, 0.25) is 0 Å². The van der Waals surface area contributed by atoms with Gasteiger partial charge in [-0.3, -0.25) is 10.2 Å². The van der Waals surface area contributed by atoms with E-state index in [1.807, 2.05) is 13.8 Å². The Hall–Kier alpha value is -3.97. The molecule has 2 amide bonds. The van der Waals surface area contributed by atoms with Crippen molar-refractivity contribution in [2.75, 3.05) is 41.4 Å². The molecule has 0 saturated carbocycles. The predicted molar refractivity (Wildman–Crippen MR) is 144 cm³/mol. The molecule has 41 heavy (non-hydrogen) atoms. The number of piperidine rings is 1. The topological polar surface area (TPSA) is 102 Å². The van der Waals surface area contributed by atoms with Gasteiger partial charge in [-0.15, -0.1) is 0 Å². The summed E-state index contributed by atoms with van der Waals surface area (Å²) in [7, 11) is 0. The van der Waals surface area contributed by atoms with E-state index < -0.39 is 23.6 Å². The number of benzene rings is 1. The van der Waals surface area contributed by atoms with Crippen LogP contribution in [-0.4, -0.2) is 65.2 Å². The highest BCUT2D eigenvalue weighted by Crippen LogP contribution is 2.39. The number of carbonyl (C=O) groups is 1. The van der Waals surface area contributed by atoms with Gasteiger partial charge in [0.15, 0.2) is 17.4 Å². The van der Waals surface area contributed by atoms with Crippen LogP contribution in [0, 0.1) is 0 Å². The summed E-state index contributed by atoms with van der Waals surface area (Å²) < 4.78 is 57.2. The zero-order valence-electron chi connectivity index (χ0n) is 22.5.